The summed E-state index contributed by atoms with van der Waals surface area (Å²) >= 11 is 0. The maximum atomic E-state index is 5.90. The van der Waals surface area contributed by atoms with E-state index in [1.807, 2.05) is 17.9 Å². The van der Waals surface area contributed by atoms with Crippen molar-refractivity contribution in [3.05, 3.63) is 18.0 Å². The van der Waals surface area contributed by atoms with E-state index in [0.29, 0.717) is 6.04 Å². The highest BCUT2D eigenvalue weighted by Crippen LogP contribution is 2.04. The van der Waals surface area contributed by atoms with E-state index in [0.717, 1.165) is 25.0 Å². The van der Waals surface area contributed by atoms with Crippen LogP contribution in [0.5, 0.6) is 0 Å². The summed E-state index contributed by atoms with van der Waals surface area (Å²) in [6.07, 6.45) is 6.31. The van der Waals surface area contributed by atoms with E-state index in [9.17, 15) is 0 Å². The van der Waals surface area contributed by atoms with Crippen molar-refractivity contribution >= 4 is 0 Å². The van der Waals surface area contributed by atoms with Crippen LogP contribution < -0.4 is 5.73 Å². The molecule has 74 valence electrons. The number of hydrogen-bond donors (Lipinski definition) is 1. The summed E-state index contributed by atoms with van der Waals surface area (Å²) in [4.78, 5) is 0. The Labute approximate surface area is 79.9 Å². The van der Waals surface area contributed by atoms with Gasteiger partial charge in [0.1, 0.15) is 0 Å². The quantitative estimate of drug-likeness (QED) is 0.747. The Bertz CT molecular complexity index is 242. The maximum Gasteiger partial charge on any atom is 0.0625 e. The van der Waals surface area contributed by atoms with Crippen LogP contribution in [0.15, 0.2) is 12.3 Å². The van der Waals surface area contributed by atoms with Crippen molar-refractivity contribution < 1.29 is 0 Å². The number of rotatable bonds is 5. The van der Waals surface area contributed by atoms with Crippen LogP contribution in [0.4, 0.5) is 0 Å². The molecule has 3 heteroatoms. The molecule has 0 saturated heterocycles. The molecule has 0 saturated carbocycles. The summed E-state index contributed by atoms with van der Waals surface area (Å²) in [6, 6.07) is 2.39. The lowest BCUT2D eigenvalue weighted by Crippen LogP contribution is -2.20. The van der Waals surface area contributed by atoms with Crippen molar-refractivity contribution in [1.29, 1.82) is 0 Å². The molecule has 0 radical (unpaired) electrons. The van der Waals surface area contributed by atoms with Gasteiger partial charge in [0.15, 0.2) is 0 Å². The average Bonchev–Trinajstić information content (AvgIpc) is 2.49. The van der Waals surface area contributed by atoms with E-state index in [1.165, 1.54) is 6.42 Å². The van der Waals surface area contributed by atoms with Gasteiger partial charge in [0, 0.05) is 19.3 Å². The molecule has 1 heterocycles. The molecule has 1 aromatic rings. The second-order valence-electron chi connectivity index (χ2n) is 3.57. The summed E-state index contributed by atoms with van der Waals surface area (Å²) in [7, 11) is 1.94. The predicted octanol–water partition coefficient (Wildman–Crippen LogP) is 1.48. The number of nitrogens with zero attached hydrogens (tertiary/aromatic N) is 2. The van der Waals surface area contributed by atoms with E-state index in [2.05, 4.69) is 18.1 Å². The molecule has 0 aliphatic carbocycles. The summed E-state index contributed by atoms with van der Waals surface area (Å²) in [5, 5.41) is 4.30. The van der Waals surface area contributed by atoms with Gasteiger partial charge in [0.25, 0.3) is 0 Å². The van der Waals surface area contributed by atoms with Gasteiger partial charge < -0.3 is 5.73 Å². The fourth-order valence-electron chi connectivity index (χ4n) is 1.44. The molecule has 0 amide bonds. The number of hydrogen-bond acceptors (Lipinski definition) is 2. The zero-order valence-corrected chi connectivity index (χ0v) is 8.53. The Morgan fingerprint density at radius 1 is 1.54 bits per heavy atom. The van der Waals surface area contributed by atoms with Crippen molar-refractivity contribution in [3.8, 4) is 0 Å². The van der Waals surface area contributed by atoms with E-state index in [1.54, 1.807) is 0 Å². The highest BCUT2D eigenvalue weighted by atomic mass is 15.2. The van der Waals surface area contributed by atoms with Gasteiger partial charge >= 0.3 is 0 Å². The van der Waals surface area contributed by atoms with Crippen LogP contribution in [0.2, 0.25) is 0 Å². The second kappa shape index (κ2) is 5.02. The van der Waals surface area contributed by atoms with Crippen molar-refractivity contribution in [3.63, 3.8) is 0 Å². The highest BCUT2D eigenvalue weighted by Gasteiger charge is 2.03. The predicted molar refractivity (Wildman–Crippen MR) is 54.4 cm³/mol. The number of aromatic nitrogens is 2. The highest BCUT2D eigenvalue weighted by molar-refractivity contribution is 4.98. The molecule has 0 aliphatic rings. The van der Waals surface area contributed by atoms with Crippen LogP contribution >= 0.6 is 0 Å². The van der Waals surface area contributed by atoms with Crippen molar-refractivity contribution in [2.24, 2.45) is 12.8 Å². The van der Waals surface area contributed by atoms with Gasteiger partial charge in [-0.05, 0) is 25.3 Å². The van der Waals surface area contributed by atoms with Crippen molar-refractivity contribution in [1.82, 2.24) is 9.78 Å². The van der Waals surface area contributed by atoms with Gasteiger partial charge in [-0.1, -0.05) is 13.3 Å². The summed E-state index contributed by atoms with van der Waals surface area (Å²) in [5.41, 5.74) is 7.05. The van der Waals surface area contributed by atoms with Crippen LogP contribution in [0, 0.1) is 0 Å². The molecular weight excluding hydrogens is 162 g/mol. The van der Waals surface area contributed by atoms with E-state index in [-0.39, 0.29) is 0 Å². The Hall–Kier alpha value is -0.830. The van der Waals surface area contributed by atoms with Crippen LogP contribution in [-0.2, 0) is 13.5 Å². The molecular formula is C10H19N3. The van der Waals surface area contributed by atoms with Gasteiger partial charge in [0.05, 0.1) is 5.69 Å². The van der Waals surface area contributed by atoms with Crippen LogP contribution in [-0.4, -0.2) is 15.8 Å². The topological polar surface area (TPSA) is 43.8 Å². The third-order valence-electron chi connectivity index (χ3n) is 2.20. The smallest absolute Gasteiger partial charge is 0.0625 e. The summed E-state index contributed by atoms with van der Waals surface area (Å²) in [6.45, 7) is 2.17. The number of nitrogens with two attached hydrogens (primary N) is 1. The van der Waals surface area contributed by atoms with Crippen molar-refractivity contribution in [2.75, 3.05) is 0 Å². The molecule has 1 aromatic heterocycles. The molecule has 0 fully saturated rings. The average molecular weight is 181 g/mol. The van der Waals surface area contributed by atoms with Gasteiger partial charge in [-0.2, -0.15) is 5.10 Å². The first-order valence-electron chi connectivity index (χ1n) is 4.96. The zero-order valence-electron chi connectivity index (χ0n) is 8.53. The van der Waals surface area contributed by atoms with Crippen LogP contribution in [0.3, 0.4) is 0 Å². The molecule has 1 atom stereocenters. The van der Waals surface area contributed by atoms with E-state index < -0.39 is 0 Å². The Kier molecular flexibility index (Phi) is 3.96. The van der Waals surface area contributed by atoms with E-state index in [4.69, 9.17) is 5.73 Å². The molecule has 13 heavy (non-hydrogen) atoms. The summed E-state index contributed by atoms with van der Waals surface area (Å²) in [5.74, 6) is 0. The van der Waals surface area contributed by atoms with Gasteiger partial charge in [-0.25, -0.2) is 0 Å². The Morgan fingerprint density at radius 2 is 2.31 bits per heavy atom. The normalized spacial score (nSPS) is 13.2. The van der Waals surface area contributed by atoms with E-state index >= 15 is 0 Å². The zero-order chi connectivity index (χ0) is 9.68. The first-order valence-corrected chi connectivity index (χ1v) is 4.96. The summed E-state index contributed by atoms with van der Waals surface area (Å²) < 4.78 is 1.83. The minimum absolute atomic E-state index is 0.340. The lowest BCUT2D eigenvalue weighted by atomic mass is 10.1. The molecule has 1 unspecified atom stereocenters. The third kappa shape index (κ3) is 3.59. The lowest BCUT2D eigenvalue weighted by molar-refractivity contribution is 0.554. The first kappa shape index (κ1) is 10.3. The SMILES string of the molecule is CCCC(N)CCc1ccn(C)n1. The molecule has 3 nitrogen and oxygen atoms in total. The molecule has 0 bridgehead atoms. The Morgan fingerprint density at radius 3 is 2.85 bits per heavy atom. The van der Waals surface area contributed by atoms with Gasteiger partial charge in [0.2, 0.25) is 0 Å². The van der Waals surface area contributed by atoms with Gasteiger partial charge in [-0.3, -0.25) is 4.68 Å². The fraction of sp³-hybridized carbons (Fsp3) is 0.700. The molecule has 0 aliphatic heterocycles. The second-order valence-corrected chi connectivity index (χ2v) is 3.57. The van der Waals surface area contributed by atoms with Crippen molar-refractivity contribution in [2.45, 2.75) is 38.6 Å². The minimum Gasteiger partial charge on any atom is -0.328 e. The van der Waals surface area contributed by atoms with Gasteiger partial charge in [-0.15, -0.1) is 0 Å². The first-order chi connectivity index (χ1) is 6.22. The Balaban J connectivity index is 2.26. The fourth-order valence-corrected chi connectivity index (χ4v) is 1.44. The monoisotopic (exact) mass is 181 g/mol. The largest absolute Gasteiger partial charge is 0.328 e. The number of aryl methyl sites for hydroxylation is 2. The standard InChI is InChI=1S/C10H19N3/c1-3-4-9(11)5-6-10-7-8-13(2)12-10/h7-9H,3-6,11H2,1-2H3. The van der Waals surface area contributed by atoms with Crippen LogP contribution in [0.25, 0.3) is 0 Å². The maximum absolute atomic E-state index is 5.90. The lowest BCUT2D eigenvalue weighted by Gasteiger charge is -2.07. The molecule has 1 rings (SSSR count). The molecule has 0 aromatic carbocycles. The molecule has 2 N–H and O–H groups in total. The van der Waals surface area contributed by atoms with Crippen LogP contribution in [0.1, 0.15) is 31.9 Å². The minimum atomic E-state index is 0.340. The molecule has 0 spiro atoms. The third-order valence-corrected chi connectivity index (χ3v) is 2.20.